The summed E-state index contributed by atoms with van der Waals surface area (Å²) in [4.78, 5) is 53.2. The molecule has 2 fully saturated rings. The number of hydrogen-bond acceptors (Lipinski definition) is 16. The Bertz CT molecular complexity index is 1590. The van der Waals surface area contributed by atoms with Crippen LogP contribution in [0, 0.1) is 5.92 Å². The van der Waals surface area contributed by atoms with E-state index in [1.165, 1.54) is 7.11 Å². The third-order valence-corrected chi connectivity index (χ3v) is 17.4. The molecule has 0 bridgehead atoms. The van der Waals surface area contributed by atoms with E-state index in [0.29, 0.717) is 12.0 Å². The van der Waals surface area contributed by atoms with E-state index < -0.39 is 106 Å². The third-order valence-electron chi connectivity index (χ3n) is 12.7. The van der Waals surface area contributed by atoms with Gasteiger partial charge in [0.2, 0.25) is 6.29 Å². The van der Waals surface area contributed by atoms with E-state index in [2.05, 4.69) is 20.8 Å². The molecule has 0 spiro atoms. The normalized spacial score (nSPS) is 34.9. The fourth-order valence-corrected chi connectivity index (χ4v) is 11.7. The van der Waals surface area contributed by atoms with Gasteiger partial charge in [-0.1, -0.05) is 65.8 Å². The number of methoxy groups -OCH3 is 1. The quantitative estimate of drug-likeness (QED) is 0.0738. The Morgan fingerprint density at radius 3 is 2.16 bits per heavy atom. The highest BCUT2D eigenvalue weighted by atomic mass is 28.4. The summed E-state index contributed by atoms with van der Waals surface area (Å²) in [5.74, 6) is -1.86. The molecule has 0 amide bonds. The van der Waals surface area contributed by atoms with Gasteiger partial charge in [-0.15, -0.1) is 0 Å². The largest absolute Gasteiger partial charge is 0.463 e. The number of hydrogen-bond donors (Lipinski definition) is 2. The fourth-order valence-electron chi connectivity index (χ4n) is 8.81. The van der Waals surface area contributed by atoms with E-state index in [0.717, 1.165) is 24.4 Å². The van der Waals surface area contributed by atoms with Crippen LogP contribution in [0.1, 0.15) is 114 Å². The fraction of sp³-hybridized carbons (Fsp3) is 0.787. The molecule has 366 valence electrons. The predicted octanol–water partition coefficient (Wildman–Crippen LogP) is 6.07. The van der Waals surface area contributed by atoms with Crippen LogP contribution < -0.4 is 0 Å². The molecule has 0 aromatic rings. The van der Waals surface area contributed by atoms with Crippen molar-refractivity contribution in [1.82, 2.24) is 4.90 Å². The third kappa shape index (κ3) is 15.0. The first-order chi connectivity index (χ1) is 30.2. The highest BCUT2D eigenvalue weighted by molar-refractivity contribution is 6.73. The Morgan fingerprint density at radius 1 is 0.953 bits per heavy atom. The molecule has 0 saturated carbocycles. The number of rotatable bonds is 17. The summed E-state index contributed by atoms with van der Waals surface area (Å²) in [5.41, 5.74) is -1.02. The van der Waals surface area contributed by atoms with Crippen molar-refractivity contribution in [3.8, 4) is 0 Å². The molecular formula is C47H79NO15Si. The van der Waals surface area contributed by atoms with Crippen LogP contribution in [-0.2, 0) is 61.5 Å². The Kier molecular flexibility index (Phi) is 22.3. The van der Waals surface area contributed by atoms with Gasteiger partial charge < -0.3 is 62.2 Å². The molecule has 3 aliphatic heterocycles. The average molecular weight is 926 g/mol. The first-order valence-corrected chi connectivity index (χ1v) is 25.7. The summed E-state index contributed by atoms with van der Waals surface area (Å²) >= 11 is 0. The maximum atomic E-state index is 13.5. The number of cyclic esters (lactones) is 1. The number of aliphatic hydroxyl groups is 2. The molecule has 3 aliphatic rings. The van der Waals surface area contributed by atoms with E-state index >= 15 is 0 Å². The second kappa shape index (κ2) is 25.8. The maximum absolute atomic E-state index is 13.5. The van der Waals surface area contributed by atoms with E-state index in [1.54, 1.807) is 60.5 Å². The van der Waals surface area contributed by atoms with Gasteiger partial charge in [-0.05, 0) is 77.8 Å². The Hall–Kier alpha value is -3.00. The molecule has 14 atom stereocenters. The zero-order valence-corrected chi connectivity index (χ0v) is 41.6. The van der Waals surface area contributed by atoms with Crippen LogP contribution in [0.4, 0.5) is 0 Å². The lowest BCUT2D eigenvalue weighted by atomic mass is 9.88. The molecular weight excluding hydrogens is 847 g/mol. The van der Waals surface area contributed by atoms with Crippen molar-refractivity contribution in [1.29, 1.82) is 0 Å². The van der Waals surface area contributed by atoms with Crippen molar-refractivity contribution in [2.45, 2.75) is 211 Å². The molecule has 0 aliphatic carbocycles. The summed E-state index contributed by atoms with van der Waals surface area (Å²) in [5, 5.41) is 23.7. The van der Waals surface area contributed by atoms with Gasteiger partial charge in [0.15, 0.2) is 26.8 Å². The van der Waals surface area contributed by atoms with Crippen molar-refractivity contribution in [3.63, 3.8) is 0 Å². The van der Waals surface area contributed by atoms with E-state index in [4.69, 9.17) is 42.3 Å². The second-order valence-corrected chi connectivity index (χ2v) is 22.6. The van der Waals surface area contributed by atoms with Gasteiger partial charge in [0, 0.05) is 39.2 Å². The van der Waals surface area contributed by atoms with Crippen molar-refractivity contribution in [2.24, 2.45) is 5.92 Å². The van der Waals surface area contributed by atoms with Gasteiger partial charge in [0.25, 0.3) is 0 Å². The summed E-state index contributed by atoms with van der Waals surface area (Å²) in [6, 6.07) is 1.98. The van der Waals surface area contributed by atoms with Gasteiger partial charge >= 0.3 is 17.9 Å². The number of carbonyl (C=O) groups is 4. The van der Waals surface area contributed by atoms with Crippen LogP contribution in [0.25, 0.3) is 0 Å². The molecule has 0 aromatic carbocycles. The first-order valence-electron chi connectivity index (χ1n) is 23.2. The van der Waals surface area contributed by atoms with Crippen LogP contribution in [-0.4, -0.2) is 148 Å². The number of aldehydes is 1. The molecule has 64 heavy (non-hydrogen) atoms. The minimum absolute atomic E-state index is 0.00191. The Balaban J connectivity index is 2.17. The zero-order valence-electron chi connectivity index (χ0n) is 40.6. The topological polar surface area (TPSA) is 195 Å². The highest BCUT2D eigenvalue weighted by Crippen LogP contribution is 2.38. The van der Waals surface area contributed by atoms with Crippen molar-refractivity contribution in [3.05, 3.63) is 35.6 Å². The minimum Gasteiger partial charge on any atom is -0.463 e. The van der Waals surface area contributed by atoms with Gasteiger partial charge in [-0.3, -0.25) is 14.4 Å². The molecule has 17 heteroatoms. The molecule has 2 saturated heterocycles. The number of ether oxygens (including phenoxy) is 8. The Morgan fingerprint density at radius 2 is 1.59 bits per heavy atom. The number of likely N-dealkylation sites (N-methyl/N-ethyl adjacent to an activating group) is 1. The van der Waals surface area contributed by atoms with Crippen LogP contribution in [0.2, 0.25) is 18.1 Å². The average Bonchev–Trinajstić information content (AvgIpc) is 3.23. The van der Waals surface area contributed by atoms with Crippen LogP contribution >= 0.6 is 0 Å². The number of carbonyl (C=O) groups excluding carboxylic acids is 4. The van der Waals surface area contributed by atoms with Gasteiger partial charge in [0.05, 0.1) is 30.8 Å². The lowest BCUT2D eigenvalue weighted by molar-refractivity contribution is -0.331. The molecule has 2 N–H and O–H groups in total. The van der Waals surface area contributed by atoms with E-state index in [-0.39, 0.29) is 49.9 Å². The van der Waals surface area contributed by atoms with Crippen molar-refractivity contribution < 1.29 is 71.7 Å². The van der Waals surface area contributed by atoms with Gasteiger partial charge in [0.1, 0.15) is 42.1 Å². The van der Waals surface area contributed by atoms with Gasteiger partial charge in [-0.2, -0.15) is 0 Å². The molecule has 16 nitrogen and oxygen atoms in total. The second-order valence-electron chi connectivity index (χ2n) is 17.9. The summed E-state index contributed by atoms with van der Waals surface area (Å²) < 4.78 is 56.3. The summed E-state index contributed by atoms with van der Waals surface area (Å²) in [6.07, 6.45) is -1.60. The van der Waals surface area contributed by atoms with Crippen molar-refractivity contribution in [2.75, 3.05) is 21.2 Å². The number of aliphatic hydroxyl groups excluding tert-OH is 1. The SMILES string of the molecule is CCC(=O)OC1C(C)OC(OC2C(C)OC(OC3=C(CC=O)C[C@@H](C)[C@@H](O[Si](CC)(CC)CC)C=CC=CC[C@@H](C)OC(=O)C[C@@H](OC(=O)CC)[C@@H]3OC)C(O)C2N(C)C)CC1(C)O. The lowest BCUT2D eigenvalue weighted by Gasteiger charge is -2.49. The number of esters is 3. The van der Waals surface area contributed by atoms with Crippen LogP contribution in [0.5, 0.6) is 0 Å². The summed E-state index contributed by atoms with van der Waals surface area (Å²) in [7, 11) is 2.77. The van der Waals surface area contributed by atoms with E-state index in [9.17, 15) is 29.4 Å². The molecule has 0 aromatic heterocycles. The van der Waals surface area contributed by atoms with Crippen LogP contribution in [0.15, 0.2) is 35.6 Å². The monoisotopic (exact) mass is 926 g/mol. The van der Waals surface area contributed by atoms with Crippen LogP contribution in [0.3, 0.4) is 0 Å². The maximum Gasteiger partial charge on any atom is 0.309 e. The smallest absolute Gasteiger partial charge is 0.309 e. The van der Waals surface area contributed by atoms with Gasteiger partial charge in [-0.25, -0.2) is 0 Å². The minimum atomic E-state index is -2.16. The molecule has 3 heterocycles. The molecule has 9 unspecified atom stereocenters. The molecule has 0 radical (unpaired) electrons. The predicted molar refractivity (Wildman–Crippen MR) is 241 cm³/mol. The van der Waals surface area contributed by atoms with Crippen molar-refractivity contribution >= 4 is 32.5 Å². The standard InChI is InChI=1S/C47H79NO15Si/c1-14-36(50)59-35-27-38(52)56-30(7)22-20-19-21-23-34(63-64(16-3,17-4)18-5)29(6)26-33(24-25-49)43(44(35)55-13)62-46-41(53)40(48(11)12)42(31(8)58-46)61-39-28-47(10,54)45(32(9)57-39)60-37(51)15-2/h19-21,23,25,29-32,34-35,39-42,44-46,53-54H,14-18,22,24,26-28H2,1-13H3/t29-,30-,31?,32?,34+,35-,39?,40?,41?,42?,44+,45?,46?,47?/m1/s1. The molecule has 3 rings (SSSR count). The zero-order chi connectivity index (χ0) is 47.9. The number of allylic oxidation sites excluding steroid dienone is 3. The lowest BCUT2D eigenvalue weighted by Crippen LogP contribution is -2.65. The Labute approximate surface area is 382 Å². The number of nitrogens with zero attached hydrogens (tertiary/aromatic N) is 1. The summed E-state index contributed by atoms with van der Waals surface area (Å²) in [6.45, 7) is 18.6. The highest BCUT2D eigenvalue weighted by Gasteiger charge is 2.52. The first kappa shape index (κ1) is 55.3. The van der Waals surface area contributed by atoms with E-state index in [1.807, 2.05) is 31.2 Å².